The third kappa shape index (κ3) is 2.75. The molecule has 0 aliphatic heterocycles. The van der Waals surface area contributed by atoms with E-state index in [-0.39, 0.29) is 11.6 Å². The van der Waals surface area contributed by atoms with Crippen LogP contribution in [0, 0.1) is 0 Å². The fraction of sp³-hybridized carbons (Fsp3) is 0.429. The van der Waals surface area contributed by atoms with Crippen molar-refractivity contribution in [2.75, 3.05) is 11.1 Å². The van der Waals surface area contributed by atoms with Crippen LogP contribution in [0.3, 0.4) is 0 Å². The zero-order valence-corrected chi connectivity index (χ0v) is 7.34. The van der Waals surface area contributed by atoms with Crippen molar-refractivity contribution in [2.24, 2.45) is 0 Å². The van der Waals surface area contributed by atoms with Crippen molar-refractivity contribution < 1.29 is 13.2 Å². The molecule has 0 saturated carbocycles. The van der Waals surface area contributed by atoms with Crippen molar-refractivity contribution in [3.63, 3.8) is 0 Å². The van der Waals surface area contributed by atoms with E-state index in [1.165, 1.54) is 6.20 Å². The minimum atomic E-state index is -4.30. The molecule has 0 aromatic carbocycles. The summed E-state index contributed by atoms with van der Waals surface area (Å²) in [5.74, 6) is 0.208. The normalized spacial score (nSPS) is 13.7. The number of hydrogen-bond acceptors (Lipinski definition) is 4. The summed E-state index contributed by atoms with van der Waals surface area (Å²) in [6.07, 6.45) is -1.97. The number of nitrogens with zero attached hydrogens (tertiary/aromatic N) is 2. The second-order valence-electron chi connectivity index (χ2n) is 2.73. The molecule has 0 saturated heterocycles. The van der Waals surface area contributed by atoms with Gasteiger partial charge in [0, 0.05) is 0 Å². The van der Waals surface area contributed by atoms with Gasteiger partial charge in [-0.05, 0) is 6.92 Å². The zero-order chi connectivity index (χ0) is 10.8. The Morgan fingerprint density at radius 1 is 1.36 bits per heavy atom. The second kappa shape index (κ2) is 3.69. The lowest BCUT2D eigenvalue weighted by molar-refractivity contribution is -0.138. The number of nitrogens with one attached hydrogen (secondary N) is 1. The maximum absolute atomic E-state index is 12.1. The molecule has 1 aromatic heterocycles. The Balaban J connectivity index is 2.65. The number of alkyl halides is 3. The van der Waals surface area contributed by atoms with Gasteiger partial charge in [-0.2, -0.15) is 13.2 Å². The number of anilines is 2. The van der Waals surface area contributed by atoms with Crippen LogP contribution >= 0.6 is 0 Å². The molecule has 78 valence electrons. The van der Waals surface area contributed by atoms with E-state index in [0.29, 0.717) is 0 Å². The van der Waals surface area contributed by atoms with Crippen LogP contribution in [-0.2, 0) is 0 Å². The highest BCUT2D eigenvalue weighted by Gasteiger charge is 2.36. The Kier molecular flexibility index (Phi) is 2.78. The van der Waals surface area contributed by atoms with Crippen molar-refractivity contribution in [3.05, 3.63) is 12.4 Å². The standard InChI is InChI=1S/C7H9F3N4/c1-4(7(8,9)10)14-6-3-12-5(11)2-13-6/h2-4H,1H3,(H2,11,12)(H,13,14). The minimum Gasteiger partial charge on any atom is -0.382 e. The first kappa shape index (κ1) is 10.6. The van der Waals surface area contributed by atoms with Crippen LogP contribution in [0.2, 0.25) is 0 Å². The van der Waals surface area contributed by atoms with Gasteiger partial charge in [0.25, 0.3) is 0 Å². The highest BCUT2D eigenvalue weighted by atomic mass is 19.4. The Labute approximate surface area is 78.4 Å². The molecule has 0 aliphatic carbocycles. The molecule has 0 aliphatic rings. The zero-order valence-electron chi connectivity index (χ0n) is 7.34. The topological polar surface area (TPSA) is 63.8 Å². The van der Waals surface area contributed by atoms with Crippen LogP contribution in [-0.4, -0.2) is 22.2 Å². The fourth-order valence-electron chi connectivity index (χ4n) is 0.716. The molecule has 1 atom stereocenters. The van der Waals surface area contributed by atoms with Gasteiger partial charge in [0.05, 0.1) is 12.4 Å². The molecular weight excluding hydrogens is 197 g/mol. The predicted octanol–water partition coefficient (Wildman–Crippen LogP) is 1.42. The van der Waals surface area contributed by atoms with E-state index in [2.05, 4.69) is 15.3 Å². The molecule has 1 rings (SSSR count). The van der Waals surface area contributed by atoms with E-state index in [1.54, 1.807) is 0 Å². The maximum atomic E-state index is 12.1. The molecule has 0 fully saturated rings. The lowest BCUT2D eigenvalue weighted by Gasteiger charge is -2.17. The molecule has 0 spiro atoms. The van der Waals surface area contributed by atoms with Gasteiger partial charge in [0.15, 0.2) is 0 Å². The number of nitrogens with two attached hydrogens (primary N) is 1. The van der Waals surface area contributed by atoms with Gasteiger partial charge in [-0.3, -0.25) is 0 Å². The van der Waals surface area contributed by atoms with Gasteiger partial charge in [0.1, 0.15) is 17.7 Å². The molecule has 7 heteroatoms. The predicted molar refractivity (Wildman–Crippen MR) is 45.6 cm³/mol. The van der Waals surface area contributed by atoms with Crippen molar-refractivity contribution in [3.8, 4) is 0 Å². The maximum Gasteiger partial charge on any atom is 0.408 e. The highest BCUT2D eigenvalue weighted by Crippen LogP contribution is 2.22. The monoisotopic (exact) mass is 206 g/mol. The summed E-state index contributed by atoms with van der Waals surface area (Å²) in [6, 6.07) is -1.67. The first-order valence-corrected chi connectivity index (χ1v) is 3.80. The van der Waals surface area contributed by atoms with Gasteiger partial charge in [-0.25, -0.2) is 9.97 Å². The SMILES string of the molecule is CC(Nc1cnc(N)cn1)C(F)(F)F. The molecular formula is C7H9F3N4. The highest BCUT2D eigenvalue weighted by molar-refractivity contribution is 5.36. The van der Waals surface area contributed by atoms with Crippen LogP contribution in [0.25, 0.3) is 0 Å². The summed E-state index contributed by atoms with van der Waals surface area (Å²) in [5.41, 5.74) is 5.22. The third-order valence-electron chi connectivity index (χ3n) is 1.53. The molecule has 4 nitrogen and oxygen atoms in total. The average Bonchev–Trinajstić information content (AvgIpc) is 2.07. The van der Waals surface area contributed by atoms with Crippen LogP contribution in [0.1, 0.15) is 6.92 Å². The van der Waals surface area contributed by atoms with Gasteiger partial charge in [-0.15, -0.1) is 0 Å². The van der Waals surface area contributed by atoms with Crippen molar-refractivity contribution in [2.45, 2.75) is 19.1 Å². The van der Waals surface area contributed by atoms with E-state index < -0.39 is 12.2 Å². The summed E-state index contributed by atoms with van der Waals surface area (Å²) in [7, 11) is 0. The molecule has 0 amide bonds. The number of aromatic nitrogens is 2. The van der Waals surface area contributed by atoms with Gasteiger partial charge < -0.3 is 11.1 Å². The Bertz CT molecular complexity index is 295. The van der Waals surface area contributed by atoms with Crippen molar-refractivity contribution in [1.29, 1.82) is 0 Å². The van der Waals surface area contributed by atoms with Crippen molar-refractivity contribution in [1.82, 2.24) is 9.97 Å². The van der Waals surface area contributed by atoms with Gasteiger partial charge in [-0.1, -0.05) is 0 Å². The number of rotatable bonds is 2. The molecule has 1 heterocycles. The second-order valence-corrected chi connectivity index (χ2v) is 2.73. The largest absolute Gasteiger partial charge is 0.408 e. The van der Waals surface area contributed by atoms with E-state index in [4.69, 9.17) is 5.73 Å². The first-order chi connectivity index (χ1) is 6.39. The van der Waals surface area contributed by atoms with Gasteiger partial charge >= 0.3 is 6.18 Å². The first-order valence-electron chi connectivity index (χ1n) is 3.80. The minimum absolute atomic E-state index is 0.0454. The smallest absolute Gasteiger partial charge is 0.382 e. The number of halogens is 3. The molecule has 1 aromatic rings. The van der Waals surface area contributed by atoms with Crippen molar-refractivity contribution >= 4 is 11.6 Å². The van der Waals surface area contributed by atoms with Crippen LogP contribution < -0.4 is 11.1 Å². The Hall–Kier alpha value is -1.53. The van der Waals surface area contributed by atoms with Gasteiger partial charge in [0.2, 0.25) is 0 Å². The molecule has 1 unspecified atom stereocenters. The number of nitrogen functional groups attached to an aromatic ring is 1. The quantitative estimate of drug-likeness (QED) is 0.768. The molecule has 0 radical (unpaired) electrons. The van der Waals surface area contributed by atoms with E-state index >= 15 is 0 Å². The van der Waals surface area contributed by atoms with Crippen LogP contribution in [0.15, 0.2) is 12.4 Å². The molecule has 0 bridgehead atoms. The summed E-state index contributed by atoms with van der Waals surface area (Å²) < 4.78 is 36.2. The van der Waals surface area contributed by atoms with Crippen LogP contribution in [0.5, 0.6) is 0 Å². The summed E-state index contributed by atoms with van der Waals surface area (Å²) >= 11 is 0. The lowest BCUT2D eigenvalue weighted by Crippen LogP contribution is -2.33. The Morgan fingerprint density at radius 2 is 2.00 bits per heavy atom. The third-order valence-corrected chi connectivity index (χ3v) is 1.53. The molecule has 3 N–H and O–H groups in total. The van der Waals surface area contributed by atoms with E-state index in [0.717, 1.165) is 13.1 Å². The van der Waals surface area contributed by atoms with E-state index in [1.807, 2.05) is 0 Å². The average molecular weight is 206 g/mol. The Morgan fingerprint density at radius 3 is 2.43 bits per heavy atom. The van der Waals surface area contributed by atoms with E-state index in [9.17, 15) is 13.2 Å². The lowest BCUT2D eigenvalue weighted by atomic mass is 10.3. The molecule has 14 heavy (non-hydrogen) atoms. The van der Waals surface area contributed by atoms with Crippen LogP contribution in [0.4, 0.5) is 24.8 Å². The number of hydrogen-bond donors (Lipinski definition) is 2. The summed E-state index contributed by atoms with van der Waals surface area (Å²) in [6.45, 7) is 0.998. The summed E-state index contributed by atoms with van der Waals surface area (Å²) in [4.78, 5) is 7.23. The summed E-state index contributed by atoms with van der Waals surface area (Å²) in [5, 5.41) is 2.15. The fourth-order valence-corrected chi connectivity index (χ4v) is 0.716.